The quantitative estimate of drug-likeness (QED) is 0.204. The second-order valence-corrected chi connectivity index (χ2v) is 10.1. The highest BCUT2D eigenvalue weighted by Crippen LogP contribution is 2.22. The minimum Gasteiger partial charge on any atom is -0.293 e. The molecule has 0 bridgehead atoms. The van der Waals surface area contributed by atoms with Crippen LogP contribution in [0.15, 0.2) is 36.9 Å². The van der Waals surface area contributed by atoms with Gasteiger partial charge >= 0.3 is 0 Å². The van der Waals surface area contributed by atoms with Crippen molar-refractivity contribution in [2.45, 2.75) is 71.1 Å². The first-order chi connectivity index (χ1) is 13.3. The van der Waals surface area contributed by atoms with Crippen molar-refractivity contribution in [2.75, 3.05) is 31.1 Å². The first-order valence-corrected chi connectivity index (χ1v) is 12.5. The molecule has 0 saturated heterocycles. The molecule has 0 atom stereocenters. The minimum absolute atomic E-state index is 0.198. The van der Waals surface area contributed by atoms with Crippen molar-refractivity contribution in [3.63, 3.8) is 0 Å². The maximum atomic E-state index is 12.3. The predicted molar refractivity (Wildman–Crippen MR) is 124 cm³/mol. The Labute approximate surface area is 173 Å². The molecule has 4 nitrogen and oxygen atoms in total. The van der Waals surface area contributed by atoms with Gasteiger partial charge in [0.15, 0.2) is 0 Å². The lowest BCUT2D eigenvalue weighted by atomic mass is 10.1. The first-order valence-electron chi connectivity index (χ1n) is 10.9. The lowest BCUT2D eigenvalue weighted by Gasteiger charge is -2.27. The number of unbranched alkanes of at least 4 members (excludes halogenated alkanes) is 9. The number of sulfonamides is 1. The zero-order valence-corrected chi connectivity index (χ0v) is 19.1. The van der Waals surface area contributed by atoms with Crippen LogP contribution in [-0.4, -0.2) is 34.8 Å². The summed E-state index contributed by atoms with van der Waals surface area (Å²) in [6, 6.07) is 7.63. The van der Waals surface area contributed by atoms with Gasteiger partial charge in [-0.25, -0.2) is 8.42 Å². The van der Waals surface area contributed by atoms with E-state index in [1.165, 1.54) is 44.9 Å². The SMILES string of the molecule is C=CC[N+](C)(C)c1ccc(NS(=O)(=O)CCCCCCCCCCCC)cc1. The van der Waals surface area contributed by atoms with Crippen LogP contribution in [-0.2, 0) is 10.0 Å². The molecule has 0 aliphatic carbocycles. The zero-order valence-electron chi connectivity index (χ0n) is 18.3. The number of quaternary nitrogens is 1. The van der Waals surface area contributed by atoms with E-state index in [4.69, 9.17) is 0 Å². The Morgan fingerprint density at radius 2 is 1.39 bits per heavy atom. The summed E-state index contributed by atoms with van der Waals surface area (Å²) in [6.45, 7) is 6.86. The minimum atomic E-state index is -3.27. The van der Waals surface area contributed by atoms with Crippen LogP contribution in [0.1, 0.15) is 71.1 Å². The van der Waals surface area contributed by atoms with Crippen LogP contribution >= 0.6 is 0 Å². The van der Waals surface area contributed by atoms with Crippen molar-refractivity contribution in [1.29, 1.82) is 0 Å². The highest BCUT2D eigenvalue weighted by molar-refractivity contribution is 7.92. The molecule has 0 spiro atoms. The summed E-state index contributed by atoms with van der Waals surface area (Å²) in [7, 11) is 0.934. The van der Waals surface area contributed by atoms with Crippen LogP contribution in [0.4, 0.5) is 11.4 Å². The fourth-order valence-corrected chi connectivity index (χ4v) is 4.55. The number of benzene rings is 1. The summed E-state index contributed by atoms with van der Waals surface area (Å²) in [6.07, 6.45) is 13.9. The van der Waals surface area contributed by atoms with E-state index in [9.17, 15) is 8.42 Å². The summed E-state index contributed by atoms with van der Waals surface area (Å²) >= 11 is 0. The molecule has 1 N–H and O–H groups in total. The second kappa shape index (κ2) is 13.0. The smallest absolute Gasteiger partial charge is 0.232 e. The number of hydrogen-bond acceptors (Lipinski definition) is 2. The van der Waals surface area contributed by atoms with Crippen molar-refractivity contribution in [1.82, 2.24) is 4.48 Å². The average molecular weight is 410 g/mol. The lowest BCUT2D eigenvalue weighted by Crippen LogP contribution is -2.40. The van der Waals surface area contributed by atoms with Gasteiger partial charge in [0.05, 0.1) is 19.8 Å². The Kier molecular flexibility index (Phi) is 11.5. The fourth-order valence-electron chi connectivity index (χ4n) is 3.37. The van der Waals surface area contributed by atoms with E-state index in [0.717, 1.165) is 31.5 Å². The molecule has 1 aromatic carbocycles. The summed E-state index contributed by atoms with van der Waals surface area (Å²) in [5.74, 6) is 0.198. The third kappa shape index (κ3) is 10.3. The van der Waals surface area contributed by atoms with Gasteiger partial charge in [-0.2, -0.15) is 0 Å². The summed E-state index contributed by atoms with van der Waals surface area (Å²) < 4.78 is 28.0. The molecule has 0 unspecified atom stereocenters. The van der Waals surface area contributed by atoms with Crippen molar-refractivity contribution < 1.29 is 8.42 Å². The molecule has 0 heterocycles. The molecule has 0 aliphatic rings. The van der Waals surface area contributed by atoms with E-state index in [-0.39, 0.29) is 5.75 Å². The normalized spacial score (nSPS) is 12.1. The second-order valence-electron chi connectivity index (χ2n) is 8.31. The molecule has 28 heavy (non-hydrogen) atoms. The largest absolute Gasteiger partial charge is 0.293 e. The molecule has 1 rings (SSSR count). The van der Waals surface area contributed by atoms with Gasteiger partial charge in [-0.15, -0.1) is 0 Å². The zero-order chi connectivity index (χ0) is 20.9. The summed E-state index contributed by atoms with van der Waals surface area (Å²) in [5.41, 5.74) is 1.76. The number of likely N-dealkylation sites (N-methyl/N-ethyl adjacent to an activating group) is 1. The topological polar surface area (TPSA) is 46.2 Å². The van der Waals surface area contributed by atoms with Gasteiger partial charge in [0, 0.05) is 17.8 Å². The predicted octanol–water partition coefficient (Wildman–Crippen LogP) is 6.10. The van der Waals surface area contributed by atoms with E-state index in [0.29, 0.717) is 10.2 Å². The number of nitrogens with zero attached hydrogens (tertiary/aromatic N) is 1. The number of anilines is 1. The molecule has 5 heteroatoms. The van der Waals surface area contributed by atoms with E-state index in [2.05, 4.69) is 32.3 Å². The van der Waals surface area contributed by atoms with E-state index in [1.54, 1.807) is 0 Å². The molecule has 0 fully saturated rings. The van der Waals surface area contributed by atoms with Gasteiger partial charge in [0.25, 0.3) is 0 Å². The van der Waals surface area contributed by atoms with Crippen LogP contribution in [0.5, 0.6) is 0 Å². The molecule has 0 amide bonds. The molecule has 0 aromatic heterocycles. The number of hydrogen-bond donors (Lipinski definition) is 1. The monoisotopic (exact) mass is 409 g/mol. The van der Waals surface area contributed by atoms with Crippen molar-refractivity contribution in [3.8, 4) is 0 Å². The van der Waals surface area contributed by atoms with Crippen molar-refractivity contribution >= 4 is 21.4 Å². The Bertz CT molecular complexity index is 652. The van der Waals surface area contributed by atoms with Crippen LogP contribution in [0.25, 0.3) is 0 Å². The highest BCUT2D eigenvalue weighted by Gasteiger charge is 2.17. The Morgan fingerprint density at radius 3 is 1.89 bits per heavy atom. The molecular weight excluding hydrogens is 368 g/mol. The van der Waals surface area contributed by atoms with Gasteiger partial charge in [-0.05, 0) is 24.6 Å². The fraction of sp³-hybridized carbons (Fsp3) is 0.652. The van der Waals surface area contributed by atoms with Crippen LogP contribution in [0.3, 0.4) is 0 Å². The maximum Gasteiger partial charge on any atom is 0.232 e. The molecule has 0 aliphatic heterocycles. The van der Waals surface area contributed by atoms with Gasteiger partial charge in [0.1, 0.15) is 12.2 Å². The molecule has 160 valence electrons. The maximum absolute atomic E-state index is 12.3. The summed E-state index contributed by atoms with van der Waals surface area (Å²) in [5, 5.41) is 0. The van der Waals surface area contributed by atoms with Gasteiger partial charge in [-0.3, -0.25) is 9.21 Å². The van der Waals surface area contributed by atoms with E-state index in [1.807, 2.05) is 30.3 Å². The van der Waals surface area contributed by atoms with E-state index < -0.39 is 10.0 Å². The Hall–Kier alpha value is -1.33. The van der Waals surface area contributed by atoms with Crippen LogP contribution in [0.2, 0.25) is 0 Å². The molecule has 0 radical (unpaired) electrons. The Morgan fingerprint density at radius 1 is 0.893 bits per heavy atom. The van der Waals surface area contributed by atoms with Gasteiger partial charge in [-0.1, -0.05) is 71.3 Å². The van der Waals surface area contributed by atoms with Gasteiger partial charge < -0.3 is 0 Å². The third-order valence-electron chi connectivity index (χ3n) is 5.19. The number of nitrogens with one attached hydrogen (secondary N) is 1. The molecule has 0 saturated carbocycles. The molecule has 1 aromatic rings. The summed E-state index contributed by atoms with van der Waals surface area (Å²) in [4.78, 5) is 0. The Balaban J connectivity index is 2.28. The standard InChI is InChI=1S/C23H41N2O2S/c1-5-7-8-9-10-11-12-13-14-15-21-28(26,27)24-22-16-18-23(19-17-22)25(3,4)20-6-2/h6,16-19,24H,2,5,7-15,20-21H2,1,3-4H3/q+1. The third-order valence-corrected chi connectivity index (χ3v) is 6.56. The van der Waals surface area contributed by atoms with Crippen LogP contribution in [0, 0.1) is 0 Å². The lowest BCUT2D eigenvalue weighted by molar-refractivity contribution is 0.442. The van der Waals surface area contributed by atoms with Gasteiger partial charge in [0.2, 0.25) is 10.0 Å². The van der Waals surface area contributed by atoms with Crippen molar-refractivity contribution in [2.24, 2.45) is 0 Å². The first kappa shape index (κ1) is 24.7. The van der Waals surface area contributed by atoms with Crippen molar-refractivity contribution in [3.05, 3.63) is 36.9 Å². The average Bonchev–Trinajstić information content (AvgIpc) is 2.63. The van der Waals surface area contributed by atoms with E-state index >= 15 is 0 Å². The highest BCUT2D eigenvalue weighted by atomic mass is 32.2. The molecular formula is C23H41N2O2S+. The number of rotatable bonds is 16. The van der Waals surface area contributed by atoms with Crippen LogP contribution < -0.4 is 9.21 Å².